The van der Waals surface area contributed by atoms with Crippen molar-refractivity contribution in [1.82, 2.24) is 19.6 Å². The molecule has 2 aliphatic rings. The molecule has 1 aromatic carbocycles. The number of fused-ring (bicyclic) bond motifs is 1. The Morgan fingerprint density at radius 2 is 1.82 bits per heavy atom. The van der Waals surface area contributed by atoms with Crippen molar-refractivity contribution in [1.29, 1.82) is 0 Å². The molecule has 0 spiro atoms. The number of rotatable bonds is 3. The molecule has 1 fully saturated rings. The molecule has 2 aliphatic heterocycles. The summed E-state index contributed by atoms with van der Waals surface area (Å²) in [7, 11) is 1.85. The van der Waals surface area contributed by atoms with E-state index in [1.807, 2.05) is 63.9 Å². The highest BCUT2D eigenvalue weighted by Gasteiger charge is 2.36. The second kappa shape index (κ2) is 9.24. The molecule has 8 heteroatoms. The molecular formula is C26H35N5O3. The van der Waals surface area contributed by atoms with E-state index in [1.165, 1.54) is 0 Å². The first-order valence-electron chi connectivity index (χ1n) is 12.1. The van der Waals surface area contributed by atoms with Gasteiger partial charge in [-0.15, -0.1) is 0 Å². The highest BCUT2D eigenvalue weighted by atomic mass is 16.2. The van der Waals surface area contributed by atoms with E-state index >= 15 is 0 Å². The normalized spacial score (nSPS) is 18.4. The lowest BCUT2D eigenvalue weighted by atomic mass is 9.92. The maximum atomic E-state index is 13.6. The van der Waals surface area contributed by atoms with Gasteiger partial charge in [0.1, 0.15) is 0 Å². The number of benzene rings is 1. The number of hydrogen-bond donors (Lipinski definition) is 1. The Bertz CT molecular complexity index is 1110. The van der Waals surface area contributed by atoms with Crippen molar-refractivity contribution in [3.05, 3.63) is 46.8 Å². The molecule has 1 saturated heterocycles. The van der Waals surface area contributed by atoms with E-state index in [-0.39, 0.29) is 23.6 Å². The van der Waals surface area contributed by atoms with Crippen molar-refractivity contribution in [2.75, 3.05) is 25.0 Å². The summed E-state index contributed by atoms with van der Waals surface area (Å²) in [6.07, 6.45) is 2.19. The Labute approximate surface area is 201 Å². The summed E-state index contributed by atoms with van der Waals surface area (Å²) in [5.41, 5.74) is 3.58. The second-order valence-corrected chi connectivity index (χ2v) is 10.5. The fraction of sp³-hybridized carbons (Fsp3) is 0.538. The number of likely N-dealkylation sites (tertiary alicyclic amines) is 1. The first-order chi connectivity index (χ1) is 16.1. The van der Waals surface area contributed by atoms with Crippen LogP contribution in [0.3, 0.4) is 0 Å². The molecule has 2 aromatic rings. The highest BCUT2D eigenvalue weighted by molar-refractivity contribution is 5.96. The van der Waals surface area contributed by atoms with Crippen molar-refractivity contribution in [3.63, 3.8) is 0 Å². The standard InChI is InChI=1S/C26H35N5O3/c1-17-9-6-7-11-20(17)27-23(32)18-10-8-13-30(15-18)24(33)22-19-16-31(25(34)26(2,3)4)14-12-21(19)29(5)28-22/h6-7,9,11,18H,8,10,12-16H2,1-5H3,(H,27,32)/t18-/m0/s1. The van der Waals surface area contributed by atoms with Gasteiger partial charge in [0.2, 0.25) is 11.8 Å². The average Bonchev–Trinajstić information content (AvgIpc) is 3.14. The Kier molecular flexibility index (Phi) is 6.51. The number of piperidine rings is 1. The molecular weight excluding hydrogens is 430 g/mol. The van der Waals surface area contributed by atoms with Crippen LogP contribution in [0.15, 0.2) is 24.3 Å². The van der Waals surface area contributed by atoms with E-state index in [0.717, 1.165) is 35.3 Å². The molecule has 0 unspecified atom stereocenters. The number of aromatic nitrogens is 2. The van der Waals surface area contributed by atoms with E-state index in [9.17, 15) is 14.4 Å². The molecule has 1 atom stereocenters. The van der Waals surface area contributed by atoms with Gasteiger partial charge in [-0.3, -0.25) is 19.1 Å². The van der Waals surface area contributed by atoms with Gasteiger partial charge >= 0.3 is 0 Å². The zero-order valence-electron chi connectivity index (χ0n) is 20.9. The first kappa shape index (κ1) is 24.0. The minimum Gasteiger partial charge on any atom is -0.337 e. The molecule has 0 radical (unpaired) electrons. The van der Waals surface area contributed by atoms with E-state index in [2.05, 4.69) is 10.4 Å². The van der Waals surface area contributed by atoms with Gasteiger partial charge in [-0.1, -0.05) is 39.0 Å². The average molecular weight is 466 g/mol. The molecule has 3 heterocycles. The predicted molar refractivity (Wildman–Crippen MR) is 130 cm³/mol. The topological polar surface area (TPSA) is 87.5 Å². The Balaban J connectivity index is 1.50. The summed E-state index contributed by atoms with van der Waals surface area (Å²) in [5.74, 6) is -0.408. The lowest BCUT2D eigenvalue weighted by Crippen LogP contribution is -2.45. The van der Waals surface area contributed by atoms with Gasteiger partial charge in [0.05, 0.1) is 5.92 Å². The van der Waals surface area contributed by atoms with Gasteiger partial charge < -0.3 is 15.1 Å². The Hall–Kier alpha value is -3.16. The van der Waals surface area contributed by atoms with Crippen LogP contribution in [0.4, 0.5) is 5.69 Å². The van der Waals surface area contributed by atoms with Crippen LogP contribution < -0.4 is 5.32 Å². The first-order valence-corrected chi connectivity index (χ1v) is 12.1. The number of amides is 3. The molecule has 3 amide bonds. The number of carbonyl (C=O) groups is 3. The molecule has 182 valence electrons. The van der Waals surface area contributed by atoms with Crippen LogP contribution in [0.5, 0.6) is 0 Å². The lowest BCUT2D eigenvalue weighted by Gasteiger charge is -2.34. The SMILES string of the molecule is Cc1ccccc1NC(=O)[C@H]1CCCN(C(=O)c2nn(C)c3c2CN(C(=O)C(C)(C)C)CC3)C1. The summed E-state index contributed by atoms with van der Waals surface area (Å²) in [6.45, 7) is 9.69. The van der Waals surface area contributed by atoms with Gasteiger partial charge in [0.15, 0.2) is 5.69 Å². The van der Waals surface area contributed by atoms with Crippen molar-refractivity contribution in [2.24, 2.45) is 18.4 Å². The monoisotopic (exact) mass is 465 g/mol. The summed E-state index contributed by atoms with van der Waals surface area (Å²) in [6, 6.07) is 7.70. The van der Waals surface area contributed by atoms with Gasteiger partial charge in [-0.05, 0) is 31.4 Å². The van der Waals surface area contributed by atoms with Crippen molar-refractivity contribution in [3.8, 4) is 0 Å². The van der Waals surface area contributed by atoms with Crippen molar-refractivity contribution >= 4 is 23.4 Å². The zero-order valence-corrected chi connectivity index (χ0v) is 20.9. The Morgan fingerprint density at radius 3 is 2.53 bits per heavy atom. The molecule has 8 nitrogen and oxygen atoms in total. The zero-order chi connectivity index (χ0) is 24.6. The van der Waals surface area contributed by atoms with E-state index in [1.54, 1.807) is 9.58 Å². The maximum Gasteiger partial charge on any atom is 0.274 e. The molecule has 4 rings (SSSR count). The van der Waals surface area contributed by atoms with E-state index < -0.39 is 5.41 Å². The molecule has 34 heavy (non-hydrogen) atoms. The molecule has 0 bridgehead atoms. The van der Waals surface area contributed by atoms with Gasteiger partial charge in [0, 0.05) is 62.0 Å². The third-order valence-electron chi connectivity index (χ3n) is 6.86. The fourth-order valence-electron chi connectivity index (χ4n) is 4.89. The van der Waals surface area contributed by atoms with Gasteiger partial charge in [-0.2, -0.15) is 5.10 Å². The predicted octanol–water partition coefficient (Wildman–Crippen LogP) is 3.15. The van der Waals surface area contributed by atoms with Crippen molar-refractivity contribution in [2.45, 2.75) is 53.5 Å². The lowest BCUT2D eigenvalue weighted by molar-refractivity contribution is -0.140. The van der Waals surface area contributed by atoms with Crippen LogP contribution in [-0.2, 0) is 29.6 Å². The third-order valence-corrected chi connectivity index (χ3v) is 6.86. The number of hydrogen-bond acceptors (Lipinski definition) is 4. The summed E-state index contributed by atoms with van der Waals surface area (Å²) in [4.78, 5) is 43.0. The Morgan fingerprint density at radius 1 is 1.09 bits per heavy atom. The van der Waals surface area contributed by atoms with Crippen LogP contribution in [0.1, 0.15) is 60.9 Å². The molecule has 0 aliphatic carbocycles. The fourth-order valence-corrected chi connectivity index (χ4v) is 4.89. The number of para-hydroxylation sites is 1. The number of nitrogens with one attached hydrogen (secondary N) is 1. The van der Waals surface area contributed by atoms with Gasteiger partial charge in [0.25, 0.3) is 5.91 Å². The minimum atomic E-state index is -0.478. The molecule has 1 N–H and O–H groups in total. The smallest absolute Gasteiger partial charge is 0.274 e. The summed E-state index contributed by atoms with van der Waals surface area (Å²) < 4.78 is 1.77. The number of anilines is 1. The summed E-state index contributed by atoms with van der Waals surface area (Å²) >= 11 is 0. The van der Waals surface area contributed by atoms with Crippen LogP contribution >= 0.6 is 0 Å². The van der Waals surface area contributed by atoms with Crippen molar-refractivity contribution < 1.29 is 14.4 Å². The largest absolute Gasteiger partial charge is 0.337 e. The third kappa shape index (κ3) is 4.72. The van der Waals surface area contributed by atoms with Crippen LogP contribution in [0.2, 0.25) is 0 Å². The highest BCUT2D eigenvalue weighted by Crippen LogP contribution is 2.28. The van der Waals surface area contributed by atoms with Gasteiger partial charge in [-0.25, -0.2) is 0 Å². The van der Waals surface area contributed by atoms with Crippen LogP contribution in [0, 0.1) is 18.3 Å². The molecule has 1 aromatic heterocycles. The number of aryl methyl sites for hydroxylation is 2. The molecule has 0 saturated carbocycles. The maximum absolute atomic E-state index is 13.6. The van der Waals surface area contributed by atoms with Crippen LogP contribution in [0.25, 0.3) is 0 Å². The number of carbonyl (C=O) groups excluding carboxylic acids is 3. The van der Waals surface area contributed by atoms with E-state index in [4.69, 9.17) is 0 Å². The number of nitrogens with zero attached hydrogens (tertiary/aromatic N) is 4. The van der Waals surface area contributed by atoms with Crippen LogP contribution in [-0.4, -0.2) is 56.9 Å². The quantitative estimate of drug-likeness (QED) is 0.754. The second-order valence-electron chi connectivity index (χ2n) is 10.5. The minimum absolute atomic E-state index is 0.0585. The summed E-state index contributed by atoms with van der Waals surface area (Å²) in [5, 5.41) is 7.58. The van der Waals surface area contributed by atoms with E-state index in [0.29, 0.717) is 38.3 Å².